The number of ether oxygens (including phenoxy) is 2. The Morgan fingerprint density at radius 1 is 1.38 bits per heavy atom. The van der Waals surface area contributed by atoms with Crippen LogP contribution in [0.1, 0.15) is 44.7 Å². The normalized spacial score (nSPS) is 26.0. The van der Waals surface area contributed by atoms with E-state index < -0.39 is 5.60 Å². The number of carbonyl (C=O) groups is 1. The summed E-state index contributed by atoms with van der Waals surface area (Å²) >= 11 is 12.5. The number of rotatable bonds is 4. The Labute approximate surface area is 152 Å². The molecule has 6 heteroatoms. The second kappa shape index (κ2) is 6.49. The molecule has 0 amide bonds. The smallest absolute Gasteiger partial charge is 0.306 e. The SMILES string of the molecule is CC(C)(C)OC(=O)CCc1cc(Cl)c(Cl)cc1C12CNC(CO1)C2. The van der Waals surface area contributed by atoms with Crippen LogP contribution in [-0.4, -0.2) is 30.8 Å². The highest BCUT2D eigenvalue weighted by atomic mass is 35.5. The number of halogens is 2. The van der Waals surface area contributed by atoms with Gasteiger partial charge in [0.05, 0.1) is 16.7 Å². The molecule has 0 radical (unpaired) electrons. The van der Waals surface area contributed by atoms with Crippen molar-refractivity contribution in [3.8, 4) is 0 Å². The summed E-state index contributed by atoms with van der Waals surface area (Å²) in [5, 5.41) is 4.47. The van der Waals surface area contributed by atoms with Crippen molar-refractivity contribution < 1.29 is 14.3 Å². The maximum absolute atomic E-state index is 12.0. The molecule has 2 fully saturated rings. The number of hydrogen-bond donors (Lipinski definition) is 1. The first-order valence-corrected chi connectivity index (χ1v) is 9.02. The van der Waals surface area contributed by atoms with E-state index in [4.69, 9.17) is 32.7 Å². The van der Waals surface area contributed by atoms with E-state index in [1.54, 1.807) is 0 Å². The molecule has 2 atom stereocenters. The molecule has 1 aromatic rings. The largest absolute Gasteiger partial charge is 0.460 e. The summed E-state index contributed by atoms with van der Waals surface area (Å²) in [5.41, 5.74) is 1.20. The van der Waals surface area contributed by atoms with E-state index in [0.29, 0.717) is 35.5 Å². The lowest BCUT2D eigenvalue weighted by atomic mass is 9.87. The molecule has 0 spiro atoms. The summed E-state index contributed by atoms with van der Waals surface area (Å²) in [7, 11) is 0. The maximum Gasteiger partial charge on any atom is 0.306 e. The third kappa shape index (κ3) is 3.72. The van der Waals surface area contributed by atoms with Gasteiger partial charge in [-0.1, -0.05) is 23.2 Å². The van der Waals surface area contributed by atoms with Crippen LogP contribution >= 0.6 is 23.2 Å². The monoisotopic (exact) mass is 371 g/mol. The Balaban J connectivity index is 1.82. The van der Waals surface area contributed by atoms with Gasteiger partial charge in [-0.25, -0.2) is 0 Å². The van der Waals surface area contributed by atoms with Gasteiger partial charge in [0.15, 0.2) is 0 Å². The summed E-state index contributed by atoms with van der Waals surface area (Å²) in [6, 6.07) is 4.13. The minimum Gasteiger partial charge on any atom is -0.460 e. The molecule has 2 aliphatic rings. The van der Waals surface area contributed by atoms with Crippen molar-refractivity contribution >= 4 is 29.2 Å². The minimum absolute atomic E-state index is 0.216. The van der Waals surface area contributed by atoms with E-state index in [9.17, 15) is 4.79 Å². The molecule has 2 aliphatic heterocycles. The number of fused-ring (bicyclic) bond motifs is 2. The molecule has 3 rings (SSSR count). The number of nitrogens with one attached hydrogen (secondary N) is 1. The number of esters is 1. The molecule has 0 aromatic heterocycles. The Kier molecular flexibility index (Phi) is 4.86. The first kappa shape index (κ1) is 18.0. The van der Waals surface area contributed by atoms with Gasteiger partial charge in [-0.05, 0) is 56.9 Å². The van der Waals surface area contributed by atoms with E-state index in [1.165, 1.54) is 0 Å². The van der Waals surface area contributed by atoms with Gasteiger partial charge in [0.2, 0.25) is 0 Å². The van der Waals surface area contributed by atoms with Gasteiger partial charge < -0.3 is 14.8 Å². The van der Waals surface area contributed by atoms with E-state index in [0.717, 1.165) is 24.1 Å². The van der Waals surface area contributed by atoms with Gasteiger partial charge in [0.25, 0.3) is 0 Å². The van der Waals surface area contributed by atoms with Crippen molar-refractivity contribution in [3.63, 3.8) is 0 Å². The maximum atomic E-state index is 12.0. The molecule has 132 valence electrons. The molecule has 1 N–H and O–H groups in total. The average Bonchev–Trinajstić information content (AvgIpc) is 3.08. The Hall–Kier alpha value is -0.810. The summed E-state index contributed by atoms with van der Waals surface area (Å²) < 4.78 is 11.5. The Morgan fingerprint density at radius 3 is 2.62 bits per heavy atom. The van der Waals surface area contributed by atoms with Crippen molar-refractivity contribution in [3.05, 3.63) is 33.3 Å². The van der Waals surface area contributed by atoms with Crippen LogP contribution in [0.3, 0.4) is 0 Å². The minimum atomic E-state index is -0.479. The van der Waals surface area contributed by atoms with Crippen LogP contribution < -0.4 is 5.32 Å². The van der Waals surface area contributed by atoms with E-state index in [1.807, 2.05) is 32.9 Å². The van der Waals surface area contributed by atoms with Gasteiger partial charge in [0.1, 0.15) is 11.2 Å². The van der Waals surface area contributed by atoms with Crippen LogP contribution in [-0.2, 0) is 26.3 Å². The zero-order chi connectivity index (χ0) is 17.5. The second-order valence-electron chi connectivity index (χ2n) is 7.60. The summed E-state index contributed by atoms with van der Waals surface area (Å²) in [4.78, 5) is 12.0. The lowest BCUT2D eigenvalue weighted by Crippen LogP contribution is -2.38. The summed E-state index contributed by atoms with van der Waals surface area (Å²) in [6.07, 6.45) is 1.77. The molecule has 0 saturated carbocycles. The number of hydrogen-bond acceptors (Lipinski definition) is 4. The molecule has 1 aromatic carbocycles. The Bertz CT molecular complexity index is 646. The predicted octanol–water partition coefficient (Wildman–Crippen LogP) is 3.86. The molecule has 2 saturated heterocycles. The van der Waals surface area contributed by atoms with E-state index in [-0.39, 0.29) is 11.6 Å². The molecule has 24 heavy (non-hydrogen) atoms. The van der Waals surface area contributed by atoms with Gasteiger partial charge in [-0.15, -0.1) is 0 Å². The summed E-state index contributed by atoms with van der Waals surface area (Å²) in [5.74, 6) is -0.216. The fourth-order valence-corrected chi connectivity index (χ4v) is 3.82. The quantitative estimate of drug-likeness (QED) is 0.816. The lowest BCUT2D eigenvalue weighted by Gasteiger charge is -2.30. The van der Waals surface area contributed by atoms with Crippen LogP contribution in [0.2, 0.25) is 10.0 Å². The first-order chi connectivity index (χ1) is 11.2. The fraction of sp³-hybridized carbons (Fsp3) is 0.611. The average molecular weight is 372 g/mol. The second-order valence-corrected chi connectivity index (χ2v) is 8.41. The van der Waals surface area contributed by atoms with Crippen LogP contribution in [0.25, 0.3) is 0 Å². The zero-order valence-electron chi connectivity index (χ0n) is 14.2. The Morgan fingerprint density at radius 2 is 2.08 bits per heavy atom. The van der Waals surface area contributed by atoms with Crippen LogP contribution in [0.15, 0.2) is 12.1 Å². The number of carbonyl (C=O) groups excluding carboxylic acids is 1. The number of benzene rings is 1. The van der Waals surface area contributed by atoms with E-state index in [2.05, 4.69) is 5.32 Å². The van der Waals surface area contributed by atoms with E-state index >= 15 is 0 Å². The summed E-state index contributed by atoms with van der Waals surface area (Å²) in [6.45, 7) is 7.06. The number of aryl methyl sites for hydroxylation is 1. The highest BCUT2D eigenvalue weighted by Crippen LogP contribution is 2.44. The van der Waals surface area contributed by atoms with Crippen molar-refractivity contribution in [1.82, 2.24) is 5.32 Å². The third-order valence-electron chi connectivity index (χ3n) is 4.47. The molecule has 2 unspecified atom stereocenters. The highest BCUT2D eigenvalue weighted by molar-refractivity contribution is 6.42. The van der Waals surface area contributed by atoms with Crippen LogP contribution in [0.4, 0.5) is 0 Å². The molecule has 2 bridgehead atoms. The molecular formula is C18H23Cl2NO3. The van der Waals surface area contributed by atoms with Gasteiger partial charge in [-0.2, -0.15) is 0 Å². The first-order valence-electron chi connectivity index (χ1n) is 8.26. The zero-order valence-corrected chi connectivity index (χ0v) is 15.8. The van der Waals surface area contributed by atoms with Crippen molar-refractivity contribution in [2.24, 2.45) is 0 Å². The molecular weight excluding hydrogens is 349 g/mol. The fourth-order valence-electron chi connectivity index (χ4n) is 3.47. The predicted molar refractivity (Wildman–Crippen MR) is 94.7 cm³/mol. The lowest BCUT2D eigenvalue weighted by molar-refractivity contribution is -0.154. The van der Waals surface area contributed by atoms with Crippen molar-refractivity contribution in [1.29, 1.82) is 0 Å². The van der Waals surface area contributed by atoms with Crippen LogP contribution in [0, 0.1) is 0 Å². The molecule has 0 aliphatic carbocycles. The highest BCUT2D eigenvalue weighted by Gasteiger charge is 2.48. The van der Waals surface area contributed by atoms with Gasteiger partial charge in [0, 0.05) is 19.0 Å². The topological polar surface area (TPSA) is 47.6 Å². The standard InChI is InChI=1S/C18H23Cl2NO3/c1-17(2,3)24-16(22)5-4-11-6-14(19)15(20)7-13(11)18-8-12(9-23-18)21-10-18/h6-7,12,21H,4-5,8-10H2,1-3H3. The van der Waals surface area contributed by atoms with Gasteiger partial charge in [-0.3, -0.25) is 4.79 Å². The molecule has 4 nitrogen and oxygen atoms in total. The van der Waals surface area contributed by atoms with Crippen molar-refractivity contribution in [2.45, 2.75) is 57.3 Å². The number of morpholine rings is 1. The van der Waals surface area contributed by atoms with Crippen molar-refractivity contribution in [2.75, 3.05) is 13.2 Å². The van der Waals surface area contributed by atoms with Gasteiger partial charge >= 0.3 is 5.97 Å². The third-order valence-corrected chi connectivity index (χ3v) is 5.19. The molecule has 2 heterocycles. The van der Waals surface area contributed by atoms with Crippen LogP contribution in [0.5, 0.6) is 0 Å².